The molecule has 1 atom stereocenters. The molecule has 0 aromatic heterocycles. The van der Waals surface area contributed by atoms with E-state index in [1.54, 1.807) is 6.07 Å². The van der Waals surface area contributed by atoms with Crippen LogP contribution in [0.3, 0.4) is 0 Å². The lowest BCUT2D eigenvalue weighted by molar-refractivity contribution is 0.559. The summed E-state index contributed by atoms with van der Waals surface area (Å²) in [5.41, 5.74) is 2.98. The Morgan fingerprint density at radius 2 is 2.10 bits per heavy atom. The highest BCUT2D eigenvalue weighted by Crippen LogP contribution is 2.34. The highest BCUT2D eigenvalue weighted by molar-refractivity contribution is 5.56. The van der Waals surface area contributed by atoms with Crippen molar-refractivity contribution in [2.75, 3.05) is 25.0 Å². The van der Waals surface area contributed by atoms with E-state index in [9.17, 15) is 4.39 Å². The van der Waals surface area contributed by atoms with E-state index in [0.717, 1.165) is 36.6 Å². The van der Waals surface area contributed by atoms with E-state index in [2.05, 4.69) is 31.1 Å². The van der Waals surface area contributed by atoms with E-state index in [1.165, 1.54) is 18.5 Å². The SMILES string of the molecule is CCCNC(C)c1cc(F)c(C)cc1N(C)CC1CC1. The zero-order valence-electron chi connectivity index (χ0n) is 13.2. The molecule has 1 unspecified atom stereocenters. The van der Waals surface area contributed by atoms with Gasteiger partial charge in [0.1, 0.15) is 5.82 Å². The smallest absolute Gasteiger partial charge is 0.126 e. The van der Waals surface area contributed by atoms with Crippen LogP contribution in [0.1, 0.15) is 50.3 Å². The Morgan fingerprint density at radius 3 is 2.70 bits per heavy atom. The monoisotopic (exact) mass is 278 g/mol. The molecule has 0 heterocycles. The number of nitrogens with zero attached hydrogens (tertiary/aromatic N) is 1. The van der Waals surface area contributed by atoms with Crippen LogP contribution in [0.4, 0.5) is 10.1 Å². The molecule has 2 rings (SSSR count). The van der Waals surface area contributed by atoms with Crippen LogP contribution in [0.25, 0.3) is 0 Å². The van der Waals surface area contributed by atoms with Crippen molar-refractivity contribution >= 4 is 5.69 Å². The topological polar surface area (TPSA) is 15.3 Å². The lowest BCUT2D eigenvalue weighted by atomic mass is 10.0. The van der Waals surface area contributed by atoms with E-state index >= 15 is 0 Å². The van der Waals surface area contributed by atoms with Gasteiger partial charge in [0.15, 0.2) is 0 Å². The van der Waals surface area contributed by atoms with Crippen LogP contribution in [0, 0.1) is 18.7 Å². The van der Waals surface area contributed by atoms with Crippen molar-refractivity contribution in [2.45, 2.75) is 46.1 Å². The van der Waals surface area contributed by atoms with Gasteiger partial charge in [0.2, 0.25) is 0 Å². The number of halogens is 1. The summed E-state index contributed by atoms with van der Waals surface area (Å²) < 4.78 is 13.9. The van der Waals surface area contributed by atoms with Gasteiger partial charge < -0.3 is 10.2 Å². The molecular formula is C17H27FN2. The lowest BCUT2D eigenvalue weighted by Crippen LogP contribution is -2.26. The average molecular weight is 278 g/mol. The van der Waals surface area contributed by atoms with Gasteiger partial charge in [-0.1, -0.05) is 6.92 Å². The molecule has 0 amide bonds. The van der Waals surface area contributed by atoms with E-state index < -0.39 is 0 Å². The molecule has 1 fully saturated rings. The van der Waals surface area contributed by atoms with Gasteiger partial charge in [-0.2, -0.15) is 0 Å². The molecule has 0 bridgehead atoms. The summed E-state index contributed by atoms with van der Waals surface area (Å²) in [6.45, 7) is 8.16. The number of aryl methyl sites for hydroxylation is 1. The van der Waals surface area contributed by atoms with Crippen LogP contribution in [0.15, 0.2) is 12.1 Å². The molecule has 0 radical (unpaired) electrons. The van der Waals surface area contributed by atoms with Crippen molar-refractivity contribution in [3.8, 4) is 0 Å². The number of hydrogen-bond acceptors (Lipinski definition) is 2. The first-order valence-electron chi connectivity index (χ1n) is 7.77. The minimum absolute atomic E-state index is 0.103. The normalized spacial score (nSPS) is 16.2. The van der Waals surface area contributed by atoms with Gasteiger partial charge in [-0.05, 0) is 68.8 Å². The third kappa shape index (κ3) is 3.72. The second kappa shape index (κ2) is 6.57. The molecular weight excluding hydrogens is 251 g/mol. The van der Waals surface area contributed by atoms with Crippen LogP contribution >= 0.6 is 0 Å². The summed E-state index contributed by atoms with van der Waals surface area (Å²) in [6, 6.07) is 3.89. The van der Waals surface area contributed by atoms with Crippen LogP contribution in [0.2, 0.25) is 0 Å². The Bertz CT molecular complexity index is 455. The van der Waals surface area contributed by atoms with Gasteiger partial charge >= 0.3 is 0 Å². The summed E-state index contributed by atoms with van der Waals surface area (Å²) in [7, 11) is 2.13. The lowest BCUT2D eigenvalue weighted by Gasteiger charge is -2.26. The number of benzene rings is 1. The Hall–Kier alpha value is -1.09. The molecule has 20 heavy (non-hydrogen) atoms. The van der Waals surface area contributed by atoms with Gasteiger partial charge in [-0.15, -0.1) is 0 Å². The number of anilines is 1. The molecule has 2 nitrogen and oxygen atoms in total. The molecule has 1 N–H and O–H groups in total. The fourth-order valence-corrected chi connectivity index (χ4v) is 2.62. The second-order valence-corrected chi connectivity index (χ2v) is 6.16. The molecule has 1 aromatic carbocycles. The highest BCUT2D eigenvalue weighted by atomic mass is 19.1. The average Bonchev–Trinajstić information content (AvgIpc) is 3.22. The predicted octanol–water partition coefficient (Wildman–Crippen LogP) is 4.04. The predicted molar refractivity (Wildman–Crippen MR) is 83.8 cm³/mol. The largest absolute Gasteiger partial charge is 0.374 e. The van der Waals surface area contributed by atoms with Crippen molar-refractivity contribution in [2.24, 2.45) is 5.92 Å². The Kier molecular flexibility index (Phi) is 5.03. The molecule has 3 heteroatoms. The first-order chi connectivity index (χ1) is 9.52. The summed E-state index contributed by atoms with van der Waals surface area (Å²) in [4.78, 5) is 2.30. The molecule has 0 aliphatic heterocycles. The van der Waals surface area contributed by atoms with Crippen LogP contribution in [0.5, 0.6) is 0 Å². The molecule has 0 spiro atoms. The number of hydrogen-bond donors (Lipinski definition) is 1. The summed E-state index contributed by atoms with van der Waals surface area (Å²) in [6.07, 6.45) is 3.76. The molecule has 1 aliphatic carbocycles. The summed E-state index contributed by atoms with van der Waals surface area (Å²) >= 11 is 0. The van der Waals surface area contributed by atoms with Crippen LogP contribution < -0.4 is 10.2 Å². The standard InChI is InChI=1S/C17H27FN2/c1-5-8-19-13(3)15-10-16(18)12(2)9-17(15)20(4)11-14-6-7-14/h9-10,13-14,19H,5-8,11H2,1-4H3. The minimum Gasteiger partial charge on any atom is -0.374 e. The second-order valence-electron chi connectivity index (χ2n) is 6.16. The van der Waals surface area contributed by atoms with Crippen molar-refractivity contribution in [3.05, 3.63) is 29.1 Å². The van der Waals surface area contributed by atoms with Gasteiger partial charge in [0.25, 0.3) is 0 Å². The Labute approximate surface area is 122 Å². The molecule has 1 aliphatic rings. The Morgan fingerprint density at radius 1 is 1.40 bits per heavy atom. The van der Waals surface area contributed by atoms with E-state index in [0.29, 0.717) is 0 Å². The fraction of sp³-hybridized carbons (Fsp3) is 0.647. The van der Waals surface area contributed by atoms with Crippen molar-refractivity contribution in [1.82, 2.24) is 5.32 Å². The fourth-order valence-electron chi connectivity index (χ4n) is 2.62. The quantitative estimate of drug-likeness (QED) is 0.809. The van der Waals surface area contributed by atoms with Crippen molar-refractivity contribution < 1.29 is 4.39 Å². The van der Waals surface area contributed by atoms with Gasteiger partial charge in [0, 0.05) is 25.3 Å². The van der Waals surface area contributed by atoms with Gasteiger partial charge in [-0.25, -0.2) is 4.39 Å². The maximum Gasteiger partial charge on any atom is 0.126 e. The van der Waals surface area contributed by atoms with E-state index in [1.807, 2.05) is 13.0 Å². The minimum atomic E-state index is -0.103. The third-order valence-electron chi connectivity index (χ3n) is 4.12. The highest BCUT2D eigenvalue weighted by Gasteiger charge is 2.25. The molecule has 112 valence electrons. The first kappa shape index (κ1) is 15.3. The van der Waals surface area contributed by atoms with Crippen molar-refractivity contribution in [1.29, 1.82) is 0 Å². The van der Waals surface area contributed by atoms with Gasteiger partial charge in [0.05, 0.1) is 0 Å². The third-order valence-corrected chi connectivity index (χ3v) is 4.12. The first-order valence-corrected chi connectivity index (χ1v) is 7.77. The maximum absolute atomic E-state index is 13.9. The Balaban J connectivity index is 2.24. The van der Waals surface area contributed by atoms with Crippen LogP contribution in [-0.2, 0) is 0 Å². The summed E-state index contributed by atoms with van der Waals surface area (Å²) in [5.74, 6) is 0.728. The zero-order valence-corrected chi connectivity index (χ0v) is 13.2. The zero-order chi connectivity index (χ0) is 14.7. The van der Waals surface area contributed by atoms with E-state index in [-0.39, 0.29) is 11.9 Å². The number of rotatable bonds is 7. The molecule has 1 aromatic rings. The maximum atomic E-state index is 13.9. The van der Waals surface area contributed by atoms with Gasteiger partial charge in [-0.3, -0.25) is 0 Å². The van der Waals surface area contributed by atoms with Crippen molar-refractivity contribution in [3.63, 3.8) is 0 Å². The number of nitrogens with one attached hydrogen (secondary N) is 1. The molecule has 1 saturated carbocycles. The van der Waals surface area contributed by atoms with Crippen LogP contribution in [-0.4, -0.2) is 20.1 Å². The molecule has 0 saturated heterocycles. The van der Waals surface area contributed by atoms with E-state index in [4.69, 9.17) is 0 Å². The summed E-state index contributed by atoms with van der Waals surface area (Å²) in [5, 5.41) is 3.47.